The lowest BCUT2D eigenvalue weighted by Crippen LogP contribution is -2.30. The minimum atomic E-state index is -0.865. The molecule has 0 radical (unpaired) electrons. The first kappa shape index (κ1) is 11.8. The molecule has 0 saturated heterocycles. The highest BCUT2D eigenvalue weighted by Crippen LogP contribution is 2.20. The molecule has 0 saturated carbocycles. The van der Waals surface area contributed by atoms with Crippen LogP contribution in [0.15, 0.2) is 12.2 Å². The lowest BCUT2D eigenvalue weighted by Gasteiger charge is -2.17. The third-order valence-corrected chi connectivity index (χ3v) is 2.64. The Balaban J connectivity index is 2.26. The Hall–Kier alpha value is -1.32. The topological polar surface area (TPSA) is 57.6 Å². The van der Waals surface area contributed by atoms with Gasteiger partial charge in [0.1, 0.15) is 0 Å². The van der Waals surface area contributed by atoms with Crippen molar-refractivity contribution in [3.05, 3.63) is 12.2 Å². The van der Waals surface area contributed by atoms with Gasteiger partial charge in [0.15, 0.2) is 0 Å². The number of nitrogens with zero attached hydrogens (tertiary/aromatic N) is 1. The lowest BCUT2D eigenvalue weighted by atomic mass is 10.0. The van der Waals surface area contributed by atoms with Crippen molar-refractivity contribution in [1.82, 2.24) is 4.90 Å². The first-order valence-electron chi connectivity index (χ1n) is 5.22. The molecule has 0 fully saturated rings. The molecule has 0 spiro atoms. The molecule has 1 amide bonds. The van der Waals surface area contributed by atoms with Crippen molar-refractivity contribution in [2.75, 3.05) is 13.6 Å². The Morgan fingerprint density at radius 3 is 2.80 bits per heavy atom. The van der Waals surface area contributed by atoms with Crippen LogP contribution in [0, 0.1) is 5.92 Å². The average Bonchev–Trinajstić information content (AvgIpc) is 2.66. The molecule has 0 aromatic heterocycles. The molecule has 1 aliphatic rings. The van der Waals surface area contributed by atoms with Crippen LogP contribution in [0.1, 0.15) is 25.7 Å². The van der Waals surface area contributed by atoms with E-state index in [2.05, 4.69) is 12.2 Å². The van der Waals surface area contributed by atoms with E-state index in [-0.39, 0.29) is 12.3 Å². The van der Waals surface area contributed by atoms with Crippen LogP contribution in [-0.4, -0.2) is 35.5 Å². The van der Waals surface area contributed by atoms with E-state index in [1.807, 2.05) is 0 Å². The van der Waals surface area contributed by atoms with Gasteiger partial charge in [0, 0.05) is 20.0 Å². The van der Waals surface area contributed by atoms with Gasteiger partial charge in [0.25, 0.3) is 0 Å². The summed E-state index contributed by atoms with van der Waals surface area (Å²) in [4.78, 5) is 23.4. The number of carbonyl (C=O) groups is 2. The predicted octanol–water partition coefficient (Wildman–Crippen LogP) is 1.28. The summed E-state index contributed by atoms with van der Waals surface area (Å²) < 4.78 is 0. The van der Waals surface area contributed by atoms with Crippen LogP contribution in [0.3, 0.4) is 0 Å². The Morgan fingerprint density at radius 1 is 1.53 bits per heavy atom. The summed E-state index contributed by atoms with van der Waals surface area (Å²) in [6.45, 7) is 0.296. The van der Waals surface area contributed by atoms with Gasteiger partial charge in [0.05, 0.1) is 6.42 Å². The molecule has 0 aliphatic heterocycles. The fraction of sp³-hybridized carbons (Fsp3) is 0.636. The molecule has 1 atom stereocenters. The SMILES string of the molecule is CN(CCC(=O)O)C(=O)CC1C=CCC1. The maximum Gasteiger partial charge on any atom is 0.305 e. The summed E-state index contributed by atoms with van der Waals surface area (Å²) in [6.07, 6.45) is 6.78. The van der Waals surface area contributed by atoms with Gasteiger partial charge in [-0.2, -0.15) is 0 Å². The van der Waals surface area contributed by atoms with Gasteiger partial charge >= 0.3 is 5.97 Å². The number of carbonyl (C=O) groups excluding carboxylic acids is 1. The molecule has 1 N–H and O–H groups in total. The first-order chi connectivity index (χ1) is 7.09. The Labute approximate surface area is 89.6 Å². The quantitative estimate of drug-likeness (QED) is 0.697. The summed E-state index contributed by atoms with van der Waals surface area (Å²) in [5.41, 5.74) is 0. The second-order valence-electron chi connectivity index (χ2n) is 3.93. The monoisotopic (exact) mass is 211 g/mol. The fourth-order valence-electron chi connectivity index (χ4n) is 1.63. The van der Waals surface area contributed by atoms with E-state index in [4.69, 9.17) is 5.11 Å². The number of amides is 1. The smallest absolute Gasteiger partial charge is 0.305 e. The zero-order valence-electron chi connectivity index (χ0n) is 8.98. The maximum atomic E-state index is 11.6. The molecule has 84 valence electrons. The van der Waals surface area contributed by atoms with Gasteiger partial charge in [-0.05, 0) is 18.8 Å². The lowest BCUT2D eigenvalue weighted by molar-refractivity contribution is -0.138. The predicted molar refractivity (Wildman–Crippen MR) is 56.4 cm³/mol. The molecule has 1 unspecified atom stereocenters. The van der Waals surface area contributed by atoms with E-state index in [1.165, 1.54) is 4.90 Å². The molecule has 0 aromatic rings. The summed E-state index contributed by atoms with van der Waals surface area (Å²) in [7, 11) is 1.66. The molecular weight excluding hydrogens is 194 g/mol. The van der Waals surface area contributed by atoms with Crippen LogP contribution in [0.4, 0.5) is 0 Å². The molecule has 15 heavy (non-hydrogen) atoms. The highest BCUT2D eigenvalue weighted by atomic mass is 16.4. The summed E-state index contributed by atoms with van der Waals surface area (Å²) >= 11 is 0. The van der Waals surface area contributed by atoms with Crippen LogP contribution < -0.4 is 0 Å². The molecule has 4 nitrogen and oxygen atoms in total. The Morgan fingerprint density at radius 2 is 2.27 bits per heavy atom. The van der Waals surface area contributed by atoms with Crippen LogP contribution >= 0.6 is 0 Å². The van der Waals surface area contributed by atoms with Crippen LogP contribution in [0.2, 0.25) is 0 Å². The van der Waals surface area contributed by atoms with E-state index in [9.17, 15) is 9.59 Å². The molecule has 1 aliphatic carbocycles. The normalized spacial score (nSPS) is 19.1. The van der Waals surface area contributed by atoms with Crippen LogP contribution in [-0.2, 0) is 9.59 Å². The van der Waals surface area contributed by atoms with Gasteiger partial charge in [0.2, 0.25) is 5.91 Å². The number of carboxylic acid groups (broad SMARTS) is 1. The van der Waals surface area contributed by atoms with E-state index >= 15 is 0 Å². The van der Waals surface area contributed by atoms with Crippen molar-refractivity contribution in [3.8, 4) is 0 Å². The van der Waals surface area contributed by atoms with E-state index < -0.39 is 5.97 Å². The summed E-state index contributed by atoms with van der Waals surface area (Å²) in [6, 6.07) is 0. The zero-order valence-corrected chi connectivity index (χ0v) is 8.98. The van der Waals surface area contributed by atoms with Gasteiger partial charge in [-0.15, -0.1) is 0 Å². The maximum absolute atomic E-state index is 11.6. The number of carboxylic acids is 1. The molecule has 1 rings (SSSR count). The fourth-order valence-corrected chi connectivity index (χ4v) is 1.63. The van der Waals surface area contributed by atoms with Crippen molar-refractivity contribution in [3.63, 3.8) is 0 Å². The summed E-state index contributed by atoms with van der Waals surface area (Å²) in [5.74, 6) is -0.479. The first-order valence-corrected chi connectivity index (χ1v) is 5.22. The van der Waals surface area contributed by atoms with Crippen molar-refractivity contribution in [1.29, 1.82) is 0 Å². The number of hydrogen-bond acceptors (Lipinski definition) is 2. The van der Waals surface area contributed by atoms with Crippen molar-refractivity contribution in [2.45, 2.75) is 25.7 Å². The van der Waals surface area contributed by atoms with Crippen molar-refractivity contribution < 1.29 is 14.7 Å². The highest BCUT2D eigenvalue weighted by molar-refractivity contribution is 5.77. The van der Waals surface area contributed by atoms with E-state index in [0.717, 1.165) is 12.8 Å². The van der Waals surface area contributed by atoms with Gasteiger partial charge in [-0.3, -0.25) is 9.59 Å². The van der Waals surface area contributed by atoms with Crippen molar-refractivity contribution >= 4 is 11.9 Å². The summed E-state index contributed by atoms with van der Waals surface area (Å²) in [5, 5.41) is 8.48. The molecule has 4 heteroatoms. The molecule has 0 heterocycles. The third kappa shape index (κ3) is 4.14. The minimum Gasteiger partial charge on any atom is -0.481 e. The van der Waals surface area contributed by atoms with Crippen LogP contribution in [0.5, 0.6) is 0 Å². The average molecular weight is 211 g/mol. The minimum absolute atomic E-state index is 0.0166. The van der Waals surface area contributed by atoms with E-state index in [0.29, 0.717) is 18.9 Å². The second kappa shape index (κ2) is 5.53. The molecule has 0 bridgehead atoms. The Kier molecular flexibility index (Phi) is 4.34. The van der Waals surface area contributed by atoms with Crippen molar-refractivity contribution in [2.24, 2.45) is 5.92 Å². The van der Waals surface area contributed by atoms with Gasteiger partial charge in [-0.1, -0.05) is 12.2 Å². The zero-order chi connectivity index (χ0) is 11.3. The van der Waals surface area contributed by atoms with Gasteiger partial charge < -0.3 is 10.0 Å². The molecule has 0 aromatic carbocycles. The number of rotatable bonds is 5. The number of aliphatic carboxylic acids is 1. The molecular formula is C11H17NO3. The highest BCUT2D eigenvalue weighted by Gasteiger charge is 2.17. The number of allylic oxidation sites excluding steroid dienone is 2. The van der Waals surface area contributed by atoms with E-state index in [1.54, 1.807) is 7.05 Å². The third-order valence-electron chi connectivity index (χ3n) is 2.64. The largest absolute Gasteiger partial charge is 0.481 e. The standard InChI is InChI=1S/C11H17NO3/c1-12(7-6-11(14)15)10(13)8-9-4-2-3-5-9/h2,4,9H,3,5-8H2,1H3,(H,14,15). The Bertz CT molecular complexity index is 273. The van der Waals surface area contributed by atoms with Gasteiger partial charge in [-0.25, -0.2) is 0 Å². The van der Waals surface area contributed by atoms with Crippen LogP contribution in [0.25, 0.3) is 0 Å². The second-order valence-corrected chi connectivity index (χ2v) is 3.93. The number of hydrogen-bond donors (Lipinski definition) is 1.